The molecule has 4 rings (SSSR count). The molecule has 2 aromatic heterocycles. The van der Waals surface area contributed by atoms with Crippen molar-refractivity contribution in [1.29, 1.82) is 0 Å². The Bertz CT molecular complexity index is 990. The van der Waals surface area contributed by atoms with Crippen molar-refractivity contribution in [2.24, 2.45) is 0 Å². The van der Waals surface area contributed by atoms with E-state index in [1.165, 1.54) is 22.2 Å². The van der Waals surface area contributed by atoms with Crippen LogP contribution in [0.5, 0.6) is 0 Å². The van der Waals surface area contributed by atoms with Gasteiger partial charge in [0, 0.05) is 29.2 Å². The minimum atomic E-state index is 0.0717. The number of nitrogens with one attached hydrogen (secondary N) is 1. The molecule has 1 N–H and O–H groups in total. The van der Waals surface area contributed by atoms with Crippen molar-refractivity contribution in [3.8, 4) is 0 Å². The number of thiophene rings is 1. The first-order valence-electron chi connectivity index (χ1n) is 9.56. The average molecular weight is 381 g/mol. The Morgan fingerprint density at radius 1 is 1.15 bits per heavy atom. The third-order valence-corrected chi connectivity index (χ3v) is 6.31. The fourth-order valence-electron chi connectivity index (χ4n) is 3.72. The van der Waals surface area contributed by atoms with Crippen LogP contribution in [0.15, 0.2) is 24.3 Å². The largest absolute Gasteiger partial charge is 0.340 e. The van der Waals surface area contributed by atoms with Crippen LogP contribution in [0.1, 0.15) is 46.9 Å². The number of fused-ring (bicyclic) bond motifs is 3. The molecule has 0 atom stereocenters. The van der Waals surface area contributed by atoms with Gasteiger partial charge in [0.25, 0.3) is 5.91 Å². The SMILES string of the molecule is CCN(CC)C(=O)c1ccc(Nc2nc(C)nc3sc4c(c23)CCC4)cc1. The molecule has 0 aliphatic heterocycles. The van der Waals surface area contributed by atoms with E-state index >= 15 is 0 Å². The quantitative estimate of drug-likeness (QED) is 0.696. The summed E-state index contributed by atoms with van der Waals surface area (Å²) < 4.78 is 0. The molecule has 0 unspecified atom stereocenters. The summed E-state index contributed by atoms with van der Waals surface area (Å²) in [5, 5.41) is 4.63. The fourth-order valence-corrected chi connectivity index (χ4v) is 5.03. The van der Waals surface area contributed by atoms with Crippen LogP contribution in [0, 0.1) is 6.92 Å². The number of carbonyl (C=O) groups is 1. The molecule has 0 bridgehead atoms. The van der Waals surface area contributed by atoms with Crippen LogP contribution in [0.25, 0.3) is 10.2 Å². The van der Waals surface area contributed by atoms with E-state index in [4.69, 9.17) is 0 Å². The number of aromatic nitrogens is 2. The highest BCUT2D eigenvalue weighted by molar-refractivity contribution is 7.19. The first kappa shape index (κ1) is 17.9. The molecular formula is C21H24N4OS. The second-order valence-electron chi connectivity index (χ2n) is 6.84. The summed E-state index contributed by atoms with van der Waals surface area (Å²) in [5.41, 5.74) is 3.05. The average Bonchev–Trinajstić information content (AvgIpc) is 3.23. The van der Waals surface area contributed by atoms with Crippen LogP contribution in [-0.4, -0.2) is 33.9 Å². The Balaban J connectivity index is 1.64. The molecule has 0 radical (unpaired) electrons. The highest BCUT2D eigenvalue weighted by Gasteiger charge is 2.22. The van der Waals surface area contributed by atoms with Gasteiger partial charge in [0.05, 0.1) is 5.39 Å². The molecule has 3 aromatic rings. The van der Waals surface area contributed by atoms with E-state index in [1.54, 1.807) is 11.3 Å². The Labute approximate surface area is 163 Å². The zero-order chi connectivity index (χ0) is 19.0. The van der Waals surface area contributed by atoms with Gasteiger partial charge in [-0.3, -0.25) is 4.79 Å². The van der Waals surface area contributed by atoms with Gasteiger partial charge in [0.15, 0.2) is 0 Å². The zero-order valence-corrected chi connectivity index (χ0v) is 16.8. The summed E-state index contributed by atoms with van der Waals surface area (Å²) in [7, 11) is 0. The number of anilines is 2. The van der Waals surface area contributed by atoms with Crippen LogP contribution in [0.4, 0.5) is 11.5 Å². The summed E-state index contributed by atoms with van der Waals surface area (Å²) in [6.07, 6.45) is 3.47. The molecule has 0 fully saturated rings. The number of hydrogen-bond donors (Lipinski definition) is 1. The number of hydrogen-bond acceptors (Lipinski definition) is 5. The Kier molecular flexibility index (Phi) is 4.83. The molecular weight excluding hydrogens is 356 g/mol. The van der Waals surface area contributed by atoms with Crippen LogP contribution >= 0.6 is 11.3 Å². The van der Waals surface area contributed by atoms with Gasteiger partial charge in [0.2, 0.25) is 0 Å². The van der Waals surface area contributed by atoms with Gasteiger partial charge < -0.3 is 10.2 Å². The zero-order valence-electron chi connectivity index (χ0n) is 16.0. The summed E-state index contributed by atoms with van der Waals surface area (Å²) in [5.74, 6) is 1.72. The second kappa shape index (κ2) is 7.27. The third-order valence-electron chi connectivity index (χ3n) is 5.12. The Morgan fingerprint density at radius 2 is 1.89 bits per heavy atom. The summed E-state index contributed by atoms with van der Waals surface area (Å²) in [6.45, 7) is 7.37. The van der Waals surface area contributed by atoms with E-state index in [2.05, 4.69) is 15.3 Å². The first-order valence-corrected chi connectivity index (χ1v) is 10.4. The summed E-state index contributed by atoms with van der Waals surface area (Å²) in [6, 6.07) is 7.66. The predicted octanol–water partition coefficient (Wildman–Crippen LogP) is 4.71. The maximum absolute atomic E-state index is 12.5. The smallest absolute Gasteiger partial charge is 0.253 e. The number of aryl methyl sites for hydroxylation is 3. The number of carbonyl (C=O) groups excluding carboxylic acids is 1. The second-order valence-corrected chi connectivity index (χ2v) is 7.92. The highest BCUT2D eigenvalue weighted by atomic mass is 32.1. The summed E-state index contributed by atoms with van der Waals surface area (Å²) >= 11 is 1.80. The van der Waals surface area contributed by atoms with Crippen molar-refractivity contribution in [2.45, 2.75) is 40.0 Å². The number of nitrogens with zero attached hydrogens (tertiary/aromatic N) is 3. The van der Waals surface area contributed by atoms with Gasteiger partial charge in [-0.25, -0.2) is 9.97 Å². The Morgan fingerprint density at radius 3 is 2.59 bits per heavy atom. The van der Waals surface area contributed by atoms with Gasteiger partial charge in [-0.1, -0.05) is 0 Å². The Hall–Kier alpha value is -2.47. The molecule has 1 aromatic carbocycles. The van der Waals surface area contributed by atoms with Gasteiger partial charge >= 0.3 is 0 Å². The van der Waals surface area contributed by atoms with Crippen LogP contribution in [-0.2, 0) is 12.8 Å². The van der Waals surface area contributed by atoms with Crippen molar-refractivity contribution >= 4 is 39.0 Å². The lowest BCUT2D eigenvalue weighted by Crippen LogP contribution is -2.30. The molecule has 0 spiro atoms. The molecule has 1 amide bonds. The molecule has 5 nitrogen and oxygen atoms in total. The number of amides is 1. The van der Waals surface area contributed by atoms with E-state index in [0.29, 0.717) is 5.56 Å². The lowest BCUT2D eigenvalue weighted by Gasteiger charge is -2.18. The minimum absolute atomic E-state index is 0.0717. The standard InChI is InChI=1S/C21H24N4OS/c1-4-25(5-2)21(26)14-9-11-15(12-10-14)24-19-18-16-7-6-8-17(16)27-20(18)23-13(3)22-19/h9-12H,4-8H2,1-3H3,(H,22,23,24). The number of benzene rings is 1. The van der Waals surface area contributed by atoms with Crippen molar-refractivity contribution in [1.82, 2.24) is 14.9 Å². The molecule has 27 heavy (non-hydrogen) atoms. The predicted molar refractivity (Wildman–Crippen MR) is 111 cm³/mol. The molecule has 6 heteroatoms. The molecule has 140 valence electrons. The van der Waals surface area contributed by atoms with Crippen molar-refractivity contribution in [2.75, 3.05) is 18.4 Å². The van der Waals surface area contributed by atoms with Crippen molar-refractivity contribution < 1.29 is 4.79 Å². The van der Waals surface area contributed by atoms with Crippen LogP contribution in [0.2, 0.25) is 0 Å². The molecule has 0 saturated heterocycles. The van der Waals surface area contributed by atoms with Crippen LogP contribution < -0.4 is 5.32 Å². The lowest BCUT2D eigenvalue weighted by atomic mass is 10.1. The monoisotopic (exact) mass is 380 g/mol. The first-order chi connectivity index (χ1) is 13.1. The van der Waals surface area contributed by atoms with Crippen molar-refractivity contribution in [3.05, 3.63) is 46.1 Å². The summed E-state index contributed by atoms with van der Waals surface area (Å²) in [4.78, 5) is 26.1. The highest BCUT2D eigenvalue weighted by Crippen LogP contribution is 2.40. The maximum atomic E-state index is 12.5. The van der Waals surface area contributed by atoms with Crippen LogP contribution in [0.3, 0.4) is 0 Å². The maximum Gasteiger partial charge on any atom is 0.253 e. The van der Waals surface area contributed by atoms with Crippen molar-refractivity contribution in [3.63, 3.8) is 0 Å². The molecule has 1 aliphatic carbocycles. The van der Waals surface area contributed by atoms with E-state index in [-0.39, 0.29) is 5.91 Å². The molecule has 2 heterocycles. The minimum Gasteiger partial charge on any atom is -0.340 e. The topological polar surface area (TPSA) is 58.1 Å². The normalized spacial score (nSPS) is 13.0. The van der Waals surface area contributed by atoms with Gasteiger partial charge in [-0.2, -0.15) is 0 Å². The van der Waals surface area contributed by atoms with E-state index in [1.807, 2.05) is 49.9 Å². The fraction of sp³-hybridized carbons (Fsp3) is 0.381. The van der Waals surface area contributed by atoms with E-state index in [0.717, 1.165) is 48.1 Å². The van der Waals surface area contributed by atoms with Gasteiger partial charge in [-0.05, 0) is 69.9 Å². The molecule has 0 saturated carbocycles. The van der Waals surface area contributed by atoms with E-state index < -0.39 is 0 Å². The van der Waals surface area contributed by atoms with Gasteiger partial charge in [0.1, 0.15) is 16.5 Å². The van der Waals surface area contributed by atoms with Gasteiger partial charge in [-0.15, -0.1) is 11.3 Å². The molecule has 1 aliphatic rings. The number of rotatable bonds is 5. The van der Waals surface area contributed by atoms with E-state index in [9.17, 15) is 4.79 Å². The third kappa shape index (κ3) is 3.30. The lowest BCUT2D eigenvalue weighted by molar-refractivity contribution is 0.0773.